The first-order valence-corrected chi connectivity index (χ1v) is 15.1. The van der Waals surface area contributed by atoms with Crippen molar-refractivity contribution in [1.82, 2.24) is 4.90 Å². The average molecular weight is 582 g/mol. The van der Waals surface area contributed by atoms with Gasteiger partial charge in [0.1, 0.15) is 24.1 Å². The second-order valence-electron chi connectivity index (χ2n) is 12.9. The van der Waals surface area contributed by atoms with Crippen molar-refractivity contribution in [2.24, 2.45) is 23.7 Å². The normalized spacial score (nSPS) is 45.5. The van der Waals surface area contributed by atoms with Crippen LogP contribution in [0.2, 0.25) is 0 Å². The fraction of sp³-hybridized carbons (Fsp3) is 0.839. The van der Waals surface area contributed by atoms with Crippen molar-refractivity contribution in [3.63, 3.8) is 0 Å². The Balaban J connectivity index is 1.95. The summed E-state index contributed by atoms with van der Waals surface area (Å²) in [7, 11) is 3.76. The molecule has 41 heavy (non-hydrogen) atoms. The summed E-state index contributed by atoms with van der Waals surface area (Å²) in [5.74, 6) is -2.32. The number of nitrogens with zero attached hydrogens (tertiary/aromatic N) is 1. The number of ether oxygens (including phenoxy) is 4. The van der Waals surface area contributed by atoms with Gasteiger partial charge in [0.15, 0.2) is 12.1 Å². The van der Waals surface area contributed by atoms with Gasteiger partial charge in [0.25, 0.3) is 0 Å². The van der Waals surface area contributed by atoms with Gasteiger partial charge in [0.05, 0.1) is 30.8 Å². The molecule has 0 aromatic heterocycles. The summed E-state index contributed by atoms with van der Waals surface area (Å²) in [6.07, 6.45) is 0.627. The smallest absolute Gasteiger partial charge is 0.308 e. The van der Waals surface area contributed by atoms with Crippen molar-refractivity contribution in [3.8, 4) is 0 Å². The number of hydrogen-bond acceptors (Lipinski definition) is 10. The number of hydrogen-bond donors (Lipinski definition) is 2. The predicted molar refractivity (Wildman–Crippen MR) is 152 cm³/mol. The highest BCUT2D eigenvalue weighted by molar-refractivity contribution is 5.91. The summed E-state index contributed by atoms with van der Waals surface area (Å²) in [5, 5.41) is 22.4. The fourth-order valence-electron chi connectivity index (χ4n) is 6.50. The van der Waals surface area contributed by atoms with Gasteiger partial charge in [-0.25, -0.2) is 0 Å². The van der Waals surface area contributed by atoms with Crippen LogP contribution in [0.15, 0.2) is 12.2 Å². The van der Waals surface area contributed by atoms with Gasteiger partial charge in [-0.2, -0.15) is 0 Å². The standard InChI is InChI=1S/C31H51NO9/c1-9-25-20(5)29-31(6,41-29)12-10-23(34)17(2)14-21(11-13-33)28(19(4)24(35)16-26(36)39-25)40-30-27(37)22(32(7)8)15-18(3)38-30/h10,12-13,17-22,24-25,27-30,35,37H,9,11,14-16H2,1-8H3/b12-10+/t17-,18-,19+,20-,21+,22+,24-,25-,27-,28-,29?,30+,31?/m1/s1. The van der Waals surface area contributed by atoms with Crippen LogP contribution in [0.25, 0.3) is 0 Å². The maximum Gasteiger partial charge on any atom is 0.308 e. The monoisotopic (exact) mass is 581 g/mol. The van der Waals surface area contributed by atoms with Crippen LogP contribution in [0.4, 0.5) is 0 Å². The number of aldehydes is 1. The number of esters is 1. The van der Waals surface area contributed by atoms with E-state index in [0.717, 1.165) is 6.29 Å². The van der Waals surface area contributed by atoms with Gasteiger partial charge in [-0.15, -0.1) is 0 Å². The van der Waals surface area contributed by atoms with E-state index < -0.39 is 60.0 Å². The molecule has 13 atom stereocenters. The zero-order valence-electron chi connectivity index (χ0n) is 25.9. The van der Waals surface area contributed by atoms with Crippen molar-refractivity contribution in [2.45, 2.75) is 128 Å². The minimum Gasteiger partial charge on any atom is -0.462 e. The molecular formula is C31H51NO9. The van der Waals surface area contributed by atoms with E-state index in [2.05, 4.69) is 0 Å². The van der Waals surface area contributed by atoms with Crippen molar-refractivity contribution in [3.05, 3.63) is 12.2 Å². The number of cyclic esters (lactones) is 1. The molecular weight excluding hydrogens is 530 g/mol. The zero-order chi connectivity index (χ0) is 30.6. The topological polar surface area (TPSA) is 135 Å². The van der Waals surface area contributed by atoms with Crippen LogP contribution in [-0.4, -0.2) is 102 Å². The Kier molecular flexibility index (Phi) is 11.7. The lowest BCUT2D eigenvalue weighted by molar-refractivity contribution is -0.283. The van der Waals surface area contributed by atoms with Crippen molar-refractivity contribution in [1.29, 1.82) is 0 Å². The lowest BCUT2D eigenvalue weighted by Gasteiger charge is -2.44. The molecule has 0 saturated carbocycles. The molecule has 3 heterocycles. The van der Waals surface area contributed by atoms with E-state index in [-0.39, 0.29) is 42.8 Å². The molecule has 0 spiro atoms. The SMILES string of the molecule is CC[C@H]1OC(=O)C[C@@H](O)[C@H](C)[C@@H](O[C@@H]2O[C@H](C)C[C@H](N(C)C)[C@H]2O)[C@@H](CC=O)C[C@@H](C)C(=O)/C=C/C2(C)OC2[C@@H]1C. The molecule has 3 aliphatic heterocycles. The molecule has 10 heteroatoms. The number of carbonyl (C=O) groups excluding carboxylic acids is 3. The molecule has 0 radical (unpaired) electrons. The molecule has 234 valence electrons. The minimum atomic E-state index is -1.15. The Labute approximate surface area is 244 Å². The van der Waals surface area contributed by atoms with Gasteiger partial charge >= 0.3 is 5.97 Å². The number of aliphatic hydroxyl groups excluding tert-OH is 2. The summed E-state index contributed by atoms with van der Waals surface area (Å²) in [4.78, 5) is 40.0. The lowest BCUT2D eigenvalue weighted by atomic mass is 9.79. The zero-order valence-corrected chi connectivity index (χ0v) is 25.9. The van der Waals surface area contributed by atoms with Gasteiger partial charge < -0.3 is 38.9 Å². The number of allylic oxidation sites excluding steroid dienone is 1. The van der Waals surface area contributed by atoms with E-state index in [9.17, 15) is 24.6 Å². The van der Waals surface area contributed by atoms with Crippen LogP contribution < -0.4 is 0 Å². The number of carbonyl (C=O) groups is 3. The minimum absolute atomic E-state index is 0.0707. The molecule has 0 aliphatic carbocycles. The van der Waals surface area contributed by atoms with E-state index in [1.54, 1.807) is 19.1 Å². The van der Waals surface area contributed by atoms with Crippen LogP contribution in [0.3, 0.4) is 0 Å². The predicted octanol–water partition coefficient (Wildman–Crippen LogP) is 2.67. The van der Waals surface area contributed by atoms with Crippen LogP contribution in [-0.2, 0) is 33.3 Å². The third kappa shape index (κ3) is 8.24. The first kappa shape index (κ1) is 33.8. The fourth-order valence-corrected chi connectivity index (χ4v) is 6.50. The molecule has 0 bridgehead atoms. The number of aliphatic hydroxyl groups is 2. The second-order valence-corrected chi connectivity index (χ2v) is 12.9. The van der Waals surface area contributed by atoms with Crippen molar-refractivity contribution < 1.29 is 43.5 Å². The van der Waals surface area contributed by atoms with Gasteiger partial charge in [-0.05, 0) is 65.3 Å². The van der Waals surface area contributed by atoms with Crippen molar-refractivity contribution >= 4 is 18.0 Å². The quantitative estimate of drug-likeness (QED) is 0.274. The number of epoxide rings is 1. The number of fused-ring (bicyclic) bond motifs is 1. The van der Waals surface area contributed by atoms with Crippen LogP contribution in [0.1, 0.15) is 73.6 Å². The average Bonchev–Trinajstić information content (AvgIpc) is 3.60. The van der Waals surface area contributed by atoms with Crippen LogP contribution in [0, 0.1) is 23.7 Å². The Bertz CT molecular complexity index is 941. The molecule has 2 unspecified atom stereocenters. The summed E-state index contributed by atoms with van der Waals surface area (Å²) < 4.78 is 24.2. The summed E-state index contributed by atoms with van der Waals surface area (Å²) in [5.41, 5.74) is -0.637. The molecule has 2 saturated heterocycles. The summed E-state index contributed by atoms with van der Waals surface area (Å²) in [6, 6.07) is -0.219. The molecule has 0 amide bonds. The second kappa shape index (κ2) is 14.2. The van der Waals surface area contributed by atoms with Crippen molar-refractivity contribution in [2.75, 3.05) is 14.1 Å². The summed E-state index contributed by atoms with van der Waals surface area (Å²) in [6.45, 7) is 11.3. The maximum absolute atomic E-state index is 13.2. The molecule has 3 aliphatic rings. The highest BCUT2D eigenvalue weighted by Crippen LogP contribution is 2.45. The Hall–Kier alpha value is -1.69. The molecule has 10 nitrogen and oxygen atoms in total. The maximum atomic E-state index is 13.2. The van der Waals surface area contributed by atoms with Gasteiger partial charge in [0, 0.05) is 30.2 Å². The van der Waals surface area contributed by atoms with Crippen LogP contribution >= 0.6 is 0 Å². The molecule has 2 fully saturated rings. The first-order chi connectivity index (χ1) is 19.2. The van der Waals surface area contributed by atoms with Gasteiger partial charge in [-0.3, -0.25) is 9.59 Å². The third-order valence-electron chi connectivity index (χ3n) is 9.29. The van der Waals surface area contributed by atoms with Crippen LogP contribution in [0.5, 0.6) is 0 Å². The Morgan fingerprint density at radius 2 is 1.80 bits per heavy atom. The summed E-state index contributed by atoms with van der Waals surface area (Å²) >= 11 is 0. The van der Waals surface area contributed by atoms with E-state index in [4.69, 9.17) is 18.9 Å². The van der Waals surface area contributed by atoms with Gasteiger partial charge in [0.2, 0.25) is 0 Å². The molecule has 2 N–H and O–H groups in total. The number of ketones is 1. The van der Waals surface area contributed by atoms with E-state index in [1.165, 1.54) is 0 Å². The van der Waals surface area contributed by atoms with E-state index in [0.29, 0.717) is 19.3 Å². The van der Waals surface area contributed by atoms with E-state index in [1.807, 2.05) is 53.6 Å². The Morgan fingerprint density at radius 3 is 2.41 bits per heavy atom. The Morgan fingerprint density at radius 1 is 1.12 bits per heavy atom. The third-order valence-corrected chi connectivity index (χ3v) is 9.29. The van der Waals surface area contributed by atoms with E-state index >= 15 is 0 Å². The highest BCUT2D eigenvalue weighted by atomic mass is 16.7. The molecule has 0 aromatic carbocycles. The van der Waals surface area contributed by atoms with Gasteiger partial charge in [-0.1, -0.05) is 27.7 Å². The lowest BCUT2D eigenvalue weighted by Crippen LogP contribution is -2.56. The first-order valence-electron chi connectivity index (χ1n) is 15.1. The largest absolute Gasteiger partial charge is 0.462 e. The number of rotatable bonds is 6. The molecule has 3 rings (SSSR count). The number of likely N-dealkylation sites (N-methyl/N-ethyl adjacent to an activating group) is 1. The molecule has 0 aromatic rings. The highest BCUT2D eigenvalue weighted by Gasteiger charge is 2.55.